The third-order valence-corrected chi connectivity index (χ3v) is 7.32. The molecule has 0 aliphatic carbocycles. The molecule has 35 heavy (non-hydrogen) atoms. The highest BCUT2D eigenvalue weighted by Gasteiger charge is 2.31. The Morgan fingerprint density at radius 1 is 1.09 bits per heavy atom. The molecule has 0 spiro atoms. The highest BCUT2D eigenvalue weighted by Crippen LogP contribution is 2.35. The molecule has 7 nitrogen and oxygen atoms in total. The van der Waals surface area contributed by atoms with Crippen molar-refractivity contribution in [1.82, 2.24) is 24.0 Å². The number of benzene rings is 1. The minimum Gasteiger partial charge on any atom is -0.356 e. The van der Waals surface area contributed by atoms with E-state index >= 15 is 0 Å². The van der Waals surface area contributed by atoms with Crippen molar-refractivity contribution in [2.45, 2.75) is 13.5 Å². The molecule has 4 aromatic rings. The van der Waals surface area contributed by atoms with Crippen LogP contribution < -0.4 is 4.90 Å². The van der Waals surface area contributed by atoms with Gasteiger partial charge in [-0.1, -0.05) is 19.1 Å². The summed E-state index contributed by atoms with van der Waals surface area (Å²) in [7, 11) is 4.30. The summed E-state index contributed by atoms with van der Waals surface area (Å²) >= 11 is 0. The molecule has 6 rings (SSSR count). The smallest absolute Gasteiger partial charge is 0.161 e. The van der Waals surface area contributed by atoms with Crippen LogP contribution in [-0.4, -0.2) is 57.7 Å². The van der Waals surface area contributed by atoms with E-state index in [1.807, 2.05) is 36.7 Å². The van der Waals surface area contributed by atoms with Crippen LogP contribution >= 0.6 is 0 Å². The fourth-order valence-corrected chi connectivity index (χ4v) is 5.49. The number of hydrogen-bond acceptors (Lipinski definition) is 5. The predicted octanol–water partition coefficient (Wildman–Crippen LogP) is 4.27. The predicted molar refractivity (Wildman–Crippen MR) is 137 cm³/mol. The maximum atomic E-state index is 9.13. The molecule has 0 saturated carbocycles. The van der Waals surface area contributed by atoms with Gasteiger partial charge in [-0.05, 0) is 61.8 Å². The Kier molecular flexibility index (Phi) is 5.19. The molecule has 0 amide bonds. The van der Waals surface area contributed by atoms with E-state index in [0.717, 1.165) is 59.5 Å². The maximum absolute atomic E-state index is 9.13. The SMILES string of the molecule is C[C@H]1CN(c2ccc3c(n2)Cn2cc(-c4ccc(C#N)cc4)cc2-c2nccn2-3)C[C@@H]1CN(C)C. The van der Waals surface area contributed by atoms with Crippen LogP contribution in [0, 0.1) is 23.2 Å². The van der Waals surface area contributed by atoms with Crippen molar-refractivity contribution in [3.05, 3.63) is 72.3 Å². The van der Waals surface area contributed by atoms with Gasteiger partial charge in [-0.15, -0.1) is 0 Å². The third-order valence-electron chi connectivity index (χ3n) is 7.32. The minimum absolute atomic E-state index is 0.643. The van der Waals surface area contributed by atoms with Crippen molar-refractivity contribution in [3.63, 3.8) is 0 Å². The zero-order valence-corrected chi connectivity index (χ0v) is 20.4. The summed E-state index contributed by atoms with van der Waals surface area (Å²) in [6, 6.07) is 16.5. The fourth-order valence-electron chi connectivity index (χ4n) is 5.49. The van der Waals surface area contributed by atoms with Crippen molar-refractivity contribution >= 4 is 5.82 Å². The molecule has 0 radical (unpaired) electrons. The summed E-state index contributed by atoms with van der Waals surface area (Å²) in [5.74, 6) is 3.27. The second-order valence-corrected chi connectivity index (χ2v) is 10.1. The molecule has 1 saturated heterocycles. The van der Waals surface area contributed by atoms with Crippen LogP contribution in [0.5, 0.6) is 0 Å². The molecular weight excluding hydrogens is 434 g/mol. The zero-order valence-electron chi connectivity index (χ0n) is 20.4. The van der Waals surface area contributed by atoms with E-state index in [4.69, 9.17) is 15.2 Å². The number of nitriles is 1. The molecule has 1 aromatic carbocycles. The van der Waals surface area contributed by atoms with Gasteiger partial charge in [-0.2, -0.15) is 5.26 Å². The zero-order chi connectivity index (χ0) is 24.1. The first-order valence-corrected chi connectivity index (χ1v) is 12.1. The number of imidazole rings is 1. The summed E-state index contributed by atoms with van der Waals surface area (Å²) in [4.78, 5) is 14.6. The van der Waals surface area contributed by atoms with Gasteiger partial charge in [-0.25, -0.2) is 9.97 Å². The number of aromatic nitrogens is 4. The first-order valence-electron chi connectivity index (χ1n) is 12.1. The standard InChI is InChI=1S/C28H29N7/c1-19-14-34(17-23(19)15-32(2)3)27-9-8-25-24(31-27)18-33-16-22(21-6-4-20(13-29)5-7-21)12-26(33)28-30-10-11-35(25)28/h4-12,16,19,23H,14-15,17-18H2,1-3H3/t19-,23-/m0/s1. The van der Waals surface area contributed by atoms with Crippen molar-refractivity contribution in [3.8, 4) is 34.4 Å². The van der Waals surface area contributed by atoms with E-state index < -0.39 is 0 Å². The topological polar surface area (TPSA) is 65.9 Å². The van der Waals surface area contributed by atoms with Crippen molar-refractivity contribution < 1.29 is 0 Å². The van der Waals surface area contributed by atoms with Gasteiger partial charge in [0.25, 0.3) is 0 Å². The molecule has 0 unspecified atom stereocenters. The van der Waals surface area contributed by atoms with Gasteiger partial charge in [-0.3, -0.25) is 4.57 Å². The summed E-state index contributed by atoms with van der Waals surface area (Å²) in [5.41, 5.74) is 6.06. The second-order valence-electron chi connectivity index (χ2n) is 10.1. The lowest BCUT2D eigenvalue weighted by Crippen LogP contribution is -2.27. The summed E-state index contributed by atoms with van der Waals surface area (Å²) in [6.45, 7) is 6.22. The molecule has 3 aromatic heterocycles. The minimum atomic E-state index is 0.643. The molecule has 7 heteroatoms. The van der Waals surface area contributed by atoms with E-state index in [1.54, 1.807) is 0 Å². The lowest BCUT2D eigenvalue weighted by molar-refractivity contribution is 0.301. The van der Waals surface area contributed by atoms with Gasteiger partial charge < -0.3 is 14.4 Å². The van der Waals surface area contributed by atoms with Gasteiger partial charge in [0.1, 0.15) is 5.82 Å². The summed E-state index contributed by atoms with van der Waals surface area (Å²) in [5, 5.41) is 9.13. The van der Waals surface area contributed by atoms with Gasteiger partial charge in [0.2, 0.25) is 0 Å². The summed E-state index contributed by atoms with van der Waals surface area (Å²) in [6.07, 6.45) is 6.04. The molecular formula is C28H29N7. The van der Waals surface area contributed by atoms with Crippen molar-refractivity contribution in [2.24, 2.45) is 11.8 Å². The van der Waals surface area contributed by atoms with Crippen LogP contribution in [0.1, 0.15) is 18.2 Å². The Bertz CT molecular complexity index is 1420. The van der Waals surface area contributed by atoms with E-state index in [-0.39, 0.29) is 0 Å². The largest absolute Gasteiger partial charge is 0.356 e. The van der Waals surface area contributed by atoms with Crippen LogP contribution in [0.3, 0.4) is 0 Å². The Morgan fingerprint density at radius 3 is 2.69 bits per heavy atom. The number of fused-ring (bicyclic) bond motifs is 5. The number of nitrogens with zero attached hydrogens (tertiary/aromatic N) is 7. The van der Waals surface area contributed by atoms with Gasteiger partial charge in [0.15, 0.2) is 5.82 Å². The molecule has 176 valence electrons. The van der Waals surface area contributed by atoms with Crippen LogP contribution in [-0.2, 0) is 6.54 Å². The van der Waals surface area contributed by atoms with Crippen LogP contribution in [0.4, 0.5) is 5.82 Å². The first kappa shape index (κ1) is 21.6. The molecule has 0 N–H and O–H groups in total. The summed E-state index contributed by atoms with van der Waals surface area (Å²) < 4.78 is 4.39. The molecule has 1 fully saturated rings. The number of hydrogen-bond donors (Lipinski definition) is 0. The van der Waals surface area contributed by atoms with Crippen molar-refractivity contribution in [2.75, 3.05) is 38.6 Å². The van der Waals surface area contributed by atoms with Crippen LogP contribution in [0.2, 0.25) is 0 Å². The Hall–Kier alpha value is -3.89. The fraction of sp³-hybridized carbons (Fsp3) is 0.321. The Morgan fingerprint density at radius 2 is 1.91 bits per heavy atom. The molecule has 0 bridgehead atoms. The lowest BCUT2D eigenvalue weighted by Gasteiger charge is -2.21. The molecule has 2 aliphatic heterocycles. The van der Waals surface area contributed by atoms with E-state index in [2.05, 4.69) is 70.4 Å². The monoisotopic (exact) mass is 463 g/mol. The van der Waals surface area contributed by atoms with Gasteiger partial charge >= 0.3 is 0 Å². The van der Waals surface area contributed by atoms with Crippen LogP contribution in [0.25, 0.3) is 28.3 Å². The number of anilines is 1. The molecule has 5 heterocycles. The van der Waals surface area contributed by atoms with Crippen molar-refractivity contribution in [1.29, 1.82) is 5.26 Å². The van der Waals surface area contributed by atoms with E-state index in [9.17, 15) is 0 Å². The Labute approximate surface area is 205 Å². The Balaban J connectivity index is 1.36. The normalized spacial score (nSPS) is 18.7. The highest BCUT2D eigenvalue weighted by atomic mass is 15.2. The van der Waals surface area contributed by atoms with E-state index in [0.29, 0.717) is 23.9 Å². The third kappa shape index (κ3) is 3.80. The number of rotatable bonds is 4. The first-order chi connectivity index (χ1) is 17.0. The average Bonchev–Trinajstić information content (AvgIpc) is 3.56. The molecule has 2 aliphatic rings. The van der Waals surface area contributed by atoms with Gasteiger partial charge in [0.05, 0.1) is 35.3 Å². The van der Waals surface area contributed by atoms with Crippen LogP contribution in [0.15, 0.2) is 61.1 Å². The highest BCUT2D eigenvalue weighted by molar-refractivity contribution is 5.72. The molecule has 2 atom stereocenters. The van der Waals surface area contributed by atoms with Gasteiger partial charge in [0, 0.05) is 43.8 Å². The quantitative estimate of drug-likeness (QED) is 0.398. The second kappa shape index (κ2) is 8.40. The maximum Gasteiger partial charge on any atom is 0.161 e. The average molecular weight is 464 g/mol. The van der Waals surface area contributed by atoms with E-state index in [1.165, 1.54) is 0 Å². The number of pyridine rings is 1. The lowest BCUT2D eigenvalue weighted by atomic mass is 9.98.